The van der Waals surface area contributed by atoms with Crippen LogP contribution in [0.2, 0.25) is 0 Å². The molecule has 0 aliphatic rings. The lowest BCUT2D eigenvalue weighted by Gasteiger charge is -2.31. The Morgan fingerprint density at radius 2 is 1.47 bits per heavy atom. The first kappa shape index (κ1) is 33.1. The van der Waals surface area contributed by atoms with Gasteiger partial charge in [-0.25, -0.2) is 9.78 Å². The Bertz CT molecular complexity index is 1790. The van der Waals surface area contributed by atoms with Gasteiger partial charge in [0.25, 0.3) is 0 Å². The molecule has 0 aliphatic carbocycles. The summed E-state index contributed by atoms with van der Waals surface area (Å²) < 4.78 is 61.8. The summed E-state index contributed by atoms with van der Waals surface area (Å²) in [6, 6.07) is 27.4. The van der Waals surface area contributed by atoms with Crippen LogP contribution in [-0.4, -0.2) is 27.3 Å². The van der Waals surface area contributed by atoms with Crippen molar-refractivity contribution in [2.24, 2.45) is 0 Å². The monoisotopic (exact) mass is 645 g/mol. The third-order valence-electron chi connectivity index (χ3n) is 7.21. The van der Waals surface area contributed by atoms with Gasteiger partial charge < -0.3 is 23.8 Å². The number of nitrogens with zero attached hydrogens (tertiary/aromatic N) is 2. The number of aromatic nitrogens is 2. The van der Waals surface area contributed by atoms with E-state index in [1.54, 1.807) is 45.0 Å². The summed E-state index contributed by atoms with van der Waals surface area (Å²) in [5, 5.41) is 2.84. The molecule has 2 heterocycles. The normalized spacial score (nSPS) is 12.5. The molecule has 0 saturated heterocycles. The summed E-state index contributed by atoms with van der Waals surface area (Å²) in [6.07, 6.45) is -3.91. The fourth-order valence-corrected chi connectivity index (χ4v) is 5.26. The molecule has 0 bridgehead atoms. The van der Waals surface area contributed by atoms with Crippen LogP contribution in [0, 0.1) is 0 Å². The van der Waals surface area contributed by atoms with Gasteiger partial charge in [-0.2, -0.15) is 13.2 Å². The first-order valence-electron chi connectivity index (χ1n) is 14.9. The largest absolute Gasteiger partial charge is 0.481 e. The van der Waals surface area contributed by atoms with Crippen LogP contribution in [0.5, 0.6) is 5.75 Å². The number of hydrogen-bond donors (Lipinski definition) is 1. The number of benzene rings is 3. The highest BCUT2D eigenvalue weighted by Gasteiger charge is 2.39. The number of alkyl carbamates (subject to hydrolysis) is 1. The molecular formula is C36H34F3N3O5. The maximum atomic E-state index is 14.6. The van der Waals surface area contributed by atoms with Gasteiger partial charge in [-0.3, -0.25) is 4.79 Å². The number of imidazole rings is 1. The maximum Gasteiger partial charge on any atom is 0.433 e. The van der Waals surface area contributed by atoms with Crippen molar-refractivity contribution in [2.75, 3.05) is 0 Å². The molecule has 0 fully saturated rings. The van der Waals surface area contributed by atoms with Crippen molar-refractivity contribution >= 4 is 6.09 Å². The van der Waals surface area contributed by atoms with Crippen molar-refractivity contribution in [3.8, 4) is 17.3 Å². The predicted molar refractivity (Wildman–Crippen MR) is 170 cm³/mol. The topological polar surface area (TPSA) is 95.6 Å². The van der Waals surface area contributed by atoms with Gasteiger partial charge in [-0.1, -0.05) is 91.0 Å². The zero-order valence-corrected chi connectivity index (χ0v) is 26.0. The van der Waals surface area contributed by atoms with Crippen molar-refractivity contribution in [3.63, 3.8) is 0 Å². The Morgan fingerprint density at radius 3 is 2.02 bits per heavy atom. The van der Waals surface area contributed by atoms with Crippen LogP contribution in [0.3, 0.4) is 0 Å². The van der Waals surface area contributed by atoms with E-state index >= 15 is 0 Å². The first-order chi connectivity index (χ1) is 22.4. The second-order valence-electron chi connectivity index (χ2n) is 11.8. The Balaban J connectivity index is 1.65. The highest BCUT2D eigenvalue weighted by Crippen LogP contribution is 2.37. The molecule has 2 aromatic heterocycles. The van der Waals surface area contributed by atoms with Crippen molar-refractivity contribution < 1.29 is 31.9 Å². The van der Waals surface area contributed by atoms with E-state index in [4.69, 9.17) is 13.9 Å². The van der Waals surface area contributed by atoms with E-state index in [-0.39, 0.29) is 23.9 Å². The van der Waals surface area contributed by atoms with E-state index in [0.717, 1.165) is 33.6 Å². The van der Waals surface area contributed by atoms with Crippen LogP contribution < -0.4 is 15.5 Å². The average molecular weight is 646 g/mol. The van der Waals surface area contributed by atoms with Crippen molar-refractivity contribution in [2.45, 2.75) is 57.7 Å². The minimum atomic E-state index is -4.85. The van der Waals surface area contributed by atoms with Gasteiger partial charge >= 0.3 is 12.3 Å². The number of hydrogen-bond acceptors (Lipinski definition) is 6. The Kier molecular flexibility index (Phi) is 9.83. The molecule has 0 radical (unpaired) electrons. The SMILES string of the molecule is CC(C)(C)OC(=O)N[C@H](Cn1c(C(F)(F)F)cnc1-c1occc(=O)c1OCc1ccccc1)C(c1ccccc1)c1ccccc1. The van der Waals surface area contributed by atoms with Gasteiger partial charge in [0.05, 0.1) is 18.5 Å². The third-order valence-corrected chi connectivity index (χ3v) is 7.21. The van der Waals surface area contributed by atoms with Gasteiger partial charge in [0.2, 0.25) is 16.9 Å². The summed E-state index contributed by atoms with van der Waals surface area (Å²) in [5.41, 5.74) is -0.360. The number of carbonyl (C=O) groups is 1. The van der Waals surface area contributed by atoms with Gasteiger partial charge in [0, 0.05) is 18.5 Å². The number of nitrogens with one attached hydrogen (secondary N) is 1. The smallest absolute Gasteiger partial charge is 0.433 e. The van der Waals surface area contributed by atoms with Crippen molar-refractivity contribution in [1.29, 1.82) is 0 Å². The van der Waals surface area contributed by atoms with E-state index < -0.39 is 47.5 Å². The van der Waals surface area contributed by atoms with Crippen LogP contribution in [0.25, 0.3) is 11.6 Å². The van der Waals surface area contributed by atoms with Gasteiger partial charge in [0.1, 0.15) is 17.9 Å². The van der Waals surface area contributed by atoms with E-state index in [9.17, 15) is 22.8 Å². The van der Waals surface area contributed by atoms with Gasteiger partial charge in [0.15, 0.2) is 5.82 Å². The predicted octanol–water partition coefficient (Wildman–Crippen LogP) is 7.83. The van der Waals surface area contributed by atoms with Crippen LogP contribution in [0.1, 0.15) is 49.1 Å². The highest BCUT2D eigenvalue weighted by molar-refractivity contribution is 5.68. The molecule has 0 saturated carbocycles. The Hall–Kier alpha value is -5.32. The second-order valence-corrected chi connectivity index (χ2v) is 11.8. The molecule has 8 nitrogen and oxygen atoms in total. The molecule has 244 valence electrons. The number of amides is 1. The van der Waals surface area contributed by atoms with E-state index in [0.29, 0.717) is 6.20 Å². The lowest BCUT2D eigenvalue weighted by atomic mass is 9.84. The number of alkyl halides is 3. The summed E-state index contributed by atoms with van der Waals surface area (Å²) >= 11 is 0. The minimum absolute atomic E-state index is 0.0393. The summed E-state index contributed by atoms with van der Waals surface area (Å²) in [5.74, 6) is -1.50. The number of rotatable bonds is 10. The Morgan fingerprint density at radius 1 is 0.894 bits per heavy atom. The van der Waals surface area contributed by atoms with Crippen LogP contribution in [0.4, 0.5) is 18.0 Å². The standard InChI is InChI=1S/C36H34F3N3O5/c1-35(2,3)47-34(44)41-27(30(25-15-9-5-10-16-25)26-17-11-6-12-18-26)22-42-29(36(37,38)39)21-40-33(42)32-31(28(43)19-20-45-32)46-23-24-13-7-4-8-14-24/h4-21,27,30H,22-23H2,1-3H3,(H,41,44)/t27-/m1/s1. The number of carbonyl (C=O) groups excluding carboxylic acids is 1. The lowest BCUT2D eigenvalue weighted by molar-refractivity contribution is -0.143. The zero-order valence-electron chi connectivity index (χ0n) is 26.0. The molecule has 47 heavy (non-hydrogen) atoms. The molecular weight excluding hydrogens is 611 g/mol. The van der Waals surface area contributed by atoms with Crippen LogP contribution in [-0.2, 0) is 24.1 Å². The summed E-state index contributed by atoms with van der Waals surface area (Å²) in [4.78, 5) is 30.4. The van der Waals surface area contributed by atoms with Gasteiger partial charge in [-0.15, -0.1) is 0 Å². The molecule has 1 atom stereocenters. The second kappa shape index (κ2) is 14.0. The van der Waals surface area contributed by atoms with Crippen LogP contribution >= 0.6 is 0 Å². The number of ether oxygens (including phenoxy) is 2. The molecule has 3 aromatic carbocycles. The van der Waals surface area contributed by atoms with E-state index in [1.807, 2.05) is 66.7 Å². The van der Waals surface area contributed by atoms with Crippen LogP contribution in [0.15, 0.2) is 119 Å². The molecule has 5 rings (SSSR count). The highest BCUT2D eigenvalue weighted by atomic mass is 19.4. The molecule has 1 N–H and O–H groups in total. The van der Waals surface area contributed by atoms with E-state index in [2.05, 4.69) is 10.3 Å². The molecule has 5 aromatic rings. The quantitative estimate of drug-likeness (QED) is 0.166. The first-order valence-corrected chi connectivity index (χ1v) is 14.9. The molecule has 1 amide bonds. The van der Waals surface area contributed by atoms with Crippen molar-refractivity contribution in [3.05, 3.63) is 142 Å². The summed E-state index contributed by atoms with van der Waals surface area (Å²) in [7, 11) is 0. The minimum Gasteiger partial charge on any atom is -0.481 e. The van der Waals surface area contributed by atoms with E-state index in [1.165, 1.54) is 0 Å². The fraction of sp³-hybridized carbons (Fsp3) is 0.250. The lowest BCUT2D eigenvalue weighted by Crippen LogP contribution is -2.45. The van der Waals surface area contributed by atoms with Gasteiger partial charge in [-0.05, 0) is 37.5 Å². The average Bonchev–Trinajstić information content (AvgIpc) is 3.45. The third kappa shape index (κ3) is 8.29. The molecule has 0 aliphatic heterocycles. The molecule has 0 unspecified atom stereocenters. The molecule has 11 heteroatoms. The Labute approximate surface area is 269 Å². The van der Waals surface area contributed by atoms with Crippen molar-refractivity contribution in [1.82, 2.24) is 14.9 Å². The zero-order chi connectivity index (χ0) is 33.6. The maximum absolute atomic E-state index is 14.6. The number of halogens is 3. The summed E-state index contributed by atoms with van der Waals surface area (Å²) in [6.45, 7) is 4.60. The fourth-order valence-electron chi connectivity index (χ4n) is 5.26. The molecule has 0 spiro atoms.